The summed E-state index contributed by atoms with van der Waals surface area (Å²) in [5, 5.41) is 3.83. The van der Waals surface area contributed by atoms with Crippen molar-refractivity contribution in [3.63, 3.8) is 0 Å². The summed E-state index contributed by atoms with van der Waals surface area (Å²) in [4.78, 5) is 1.99. The zero-order valence-electron chi connectivity index (χ0n) is 18.9. The second kappa shape index (κ2) is 10.8. The molecule has 0 aliphatic carbocycles. The molecule has 0 unspecified atom stereocenters. The lowest BCUT2D eigenvalue weighted by atomic mass is 10.1. The van der Waals surface area contributed by atoms with Crippen molar-refractivity contribution in [3.8, 4) is 23.0 Å². The molecule has 0 bridgehead atoms. The lowest BCUT2D eigenvalue weighted by Gasteiger charge is -2.26. The second-order valence-electron chi connectivity index (χ2n) is 7.10. The maximum atomic E-state index is 5.77. The Balaban J connectivity index is 1.90. The third-order valence-electron chi connectivity index (χ3n) is 4.91. The average Bonchev–Trinajstić information content (AvgIpc) is 3.32. The van der Waals surface area contributed by atoms with Crippen LogP contribution in [-0.2, 0) is 13.1 Å². The molecule has 2 aromatic carbocycles. The van der Waals surface area contributed by atoms with Crippen LogP contribution >= 0.6 is 12.2 Å². The molecular weight excluding hydrogens is 428 g/mol. The first-order valence-electron chi connectivity index (χ1n) is 10.0. The Morgan fingerprint density at radius 2 is 1.59 bits per heavy atom. The van der Waals surface area contributed by atoms with Gasteiger partial charge in [-0.1, -0.05) is 6.07 Å². The molecule has 0 amide bonds. The molecule has 170 valence electrons. The van der Waals surface area contributed by atoms with Crippen LogP contribution in [0, 0.1) is 6.92 Å². The summed E-state index contributed by atoms with van der Waals surface area (Å²) in [6.45, 7) is 2.97. The van der Waals surface area contributed by atoms with Gasteiger partial charge >= 0.3 is 0 Å². The molecule has 7 nitrogen and oxygen atoms in total. The number of rotatable bonds is 9. The van der Waals surface area contributed by atoms with Gasteiger partial charge in [0.25, 0.3) is 0 Å². The number of methoxy groups -OCH3 is 4. The van der Waals surface area contributed by atoms with Gasteiger partial charge in [0.1, 0.15) is 11.5 Å². The van der Waals surface area contributed by atoms with Crippen LogP contribution in [0.15, 0.2) is 53.1 Å². The molecule has 1 heterocycles. The smallest absolute Gasteiger partial charge is 0.203 e. The lowest BCUT2D eigenvalue weighted by molar-refractivity contribution is 0.321. The Morgan fingerprint density at radius 1 is 0.906 bits per heavy atom. The fourth-order valence-corrected chi connectivity index (χ4v) is 3.57. The van der Waals surface area contributed by atoms with Crippen LogP contribution in [0.2, 0.25) is 0 Å². The van der Waals surface area contributed by atoms with Crippen molar-refractivity contribution in [1.82, 2.24) is 4.90 Å². The maximum Gasteiger partial charge on any atom is 0.203 e. The van der Waals surface area contributed by atoms with Gasteiger partial charge in [0.2, 0.25) is 5.75 Å². The summed E-state index contributed by atoms with van der Waals surface area (Å²) >= 11 is 5.77. The fraction of sp³-hybridized carbons (Fsp3) is 0.292. The Hall–Kier alpha value is -3.39. The lowest BCUT2D eigenvalue weighted by Crippen LogP contribution is -2.33. The standard InChI is InChI=1S/C24H28N2O5S/c1-16-8-9-19(20(11-16)27-2)25-24(32)26(15-18-7-6-10-31-18)14-17-12-21(28-3)23(30-5)22(13-17)29-4/h6-13H,14-15H2,1-5H3,(H,25,32). The summed E-state index contributed by atoms with van der Waals surface area (Å²) in [6, 6.07) is 13.5. The highest BCUT2D eigenvalue weighted by atomic mass is 32.1. The van der Waals surface area contributed by atoms with Crippen molar-refractivity contribution in [2.75, 3.05) is 33.8 Å². The van der Waals surface area contributed by atoms with Gasteiger partial charge in [-0.2, -0.15) is 0 Å². The number of ether oxygens (including phenoxy) is 4. The predicted molar refractivity (Wildman–Crippen MR) is 128 cm³/mol. The van der Waals surface area contributed by atoms with Gasteiger partial charge in [-0.25, -0.2) is 0 Å². The number of hydrogen-bond donors (Lipinski definition) is 1. The van der Waals surface area contributed by atoms with Crippen LogP contribution in [0.25, 0.3) is 0 Å². The van der Waals surface area contributed by atoms with Crippen LogP contribution in [-0.4, -0.2) is 38.5 Å². The van der Waals surface area contributed by atoms with E-state index in [-0.39, 0.29) is 0 Å². The number of thiocarbonyl (C=S) groups is 1. The number of benzene rings is 2. The fourth-order valence-electron chi connectivity index (χ4n) is 3.33. The van der Waals surface area contributed by atoms with Crippen LogP contribution in [0.3, 0.4) is 0 Å². The molecular formula is C24H28N2O5S. The molecule has 1 aromatic heterocycles. The summed E-state index contributed by atoms with van der Waals surface area (Å²) < 4.78 is 27.5. The first-order valence-corrected chi connectivity index (χ1v) is 10.4. The molecule has 0 atom stereocenters. The van der Waals surface area contributed by atoms with E-state index in [1.54, 1.807) is 34.7 Å². The number of aryl methyl sites for hydroxylation is 1. The quantitative estimate of drug-likeness (QED) is 0.450. The van der Waals surface area contributed by atoms with Crippen molar-refractivity contribution < 1.29 is 23.4 Å². The molecule has 8 heteroatoms. The predicted octanol–water partition coefficient (Wildman–Crippen LogP) is 5.02. The van der Waals surface area contributed by atoms with E-state index in [0.717, 1.165) is 28.3 Å². The van der Waals surface area contributed by atoms with E-state index in [1.165, 1.54) is 0 Å². The van der Waals surface area contributed by atoms with Crippen molar-refractivity contribution in [2.24, 2.45) is 0 Å². The van der Waals surface area contributed by atoms with Gasteiger partial charge in [0, 0.05) is 6.54 Å². The molecule has 32 heavy (non-hydrogen) atoms. The number of nitrogens with one attached hydrogen (secondary N) is 1. The van der Waals surface area contributed by atoms with Crippen LogP contribution < -0.4 is 24.3 Å². The van der Waals surface area contributed by atoms with Crippen LogP contribution in [0.4, 0.5) is 5.69 Å². The van der Waals surface area contributed by atoms with Crippen LogP contribution in [0.5, 0.6) is 23.0 Å². The van der Waals surface area contributed by atoms with E-state index in [9.17, 15) is 0 Å². The zero-order chi connectivity index (χ0) is 23.1. The number of nitrogens with zero attached hydrogens (tertiary/aromatic N) is 1. The number of hydrogen-bond acceptors (Lipinski definition) is 6. The third-order valence-corrected chi connectivity index (χ3v) is 5.27. The highest BCUT2D eigenvalue weighted by Gasteiger charge is 2.18. The summed E-state index contributed by atoms with van der Waals surface area (Å²) in [7, 11) is 6.41. The van der Waals surface area contributed by atoms with Gasteiger partial charge < -0.3 is 33.6 Å². The Morgan fingerprint density at radius 3 is 2.16 bits per heavy atom. The number of anilines is 1. The van der Waals surface area contributed by atoms with E-state index in [2.05, 4.69) is 5.32 Å². The third kappa shape index (κ3) is 5.45. The molecule has 3 rings (SSSR count). The minimum Gasteiger partial charge on any atom is -0.495 e. The maximum absolute atomic E-state index is 5.77. The first-order chi connectivity index (χ1) is 15.5. The van der Waals surface area contributed by atoms with Gasteiger partial charge in [-0.15, -0.1) is 0 Å². The van der Waals surface area contributed by atoms with E-state index < -0.39 is 0 Å². The van der Waals surface area contributed by atoms with E-state index in [4.69, 9.17) is 35.6 Å². The topological polar surface area (TPSA) is 65.3 Å². The van der Waals surface area contributed by atoms with Crippen molar-refractivity contribution in [3.05, 3.63) is 65.6 Å². The molecule has 0 saturated carbocycles. The minimum absolute atomic E-state index is 0.476. The van der Waals surface area contributed by atoms with Gasteiger partial charge in [-0.3, -0.25) is 0 Å². The number of furan rings is 1. The normalized spacial score (nSPS) is 10.4. The first kappa shape index (κ1) is 23.3. The molecule has 0 spiro atoms. The average molecular weight is 457 g/mol. The van der Waals surface area contributed by atoms with E-state index in [0.29, 0.717) is 35.5 Å². The largest absolute Gasteiger partial charge is 0.495 e. The summed E-state index contributed by atoms with van der Waals surface area (Å²) in [5.74, 6) is 3.22. The molecule has 0 saturated heterocycles. The minimum atomic E-state index is 0.476. The van der Waals surface area contributed by atoms with E-state index in [1.807, 2.05) is 54.3 Å². The molecule has 3 aromatic rings. The van der Waals surface area contributed by atoms with Gasteiger partial charge in [0.15, 0.2) is 16.6 Å². The molecule has 0 aliphatic heterocycles. The SMILES string of the molecule is COc1cc(C)ccc1NC(=S)N(Cc1cc(OC)c(OC)c(OC)c1)Cc1ccco1. The van der Waals surface area contributed by atoms with Crippen molar-refractivity contribution >= 4 is 23.0 Å². The second-order valence-corrected chi connectivity index (χ2v) is 7.49. The Bertz CT molecular complexity index is 1030. The summed E-state index contributed by atoms with van der Waals surface area (Å²) in [5.41, 5.74) is 2.83. The monoisotopic (exact) mass is 456 g/mol. The van der Waals surface area contributed by atoms with E-state index >= 15 is 0 Å². The Kier molecular flexibility index (Phi) is 7.83. The van der Waals surface area contributed by atoms with Crippen LogP contribution in [0.1, 0.15) is 16.9 Å². The summed E-state index contributed by atoms with van der Waals surface area (Å²) in [6.07, 6.45) is 1.65. The van der Waals surface area contributed by atoms with Gasteiger partial charge in [-0.05, 0) is 66.7 Å². The van der Waals surface area contributed by atoms with Gasteiger partial charge in [0.05, 0.1) is 46.9 Å². The zero-order valence-corrected chi connectivity index (χ0v) is 19.7. The molecule has 0 radical (unpaired) electrons. The Labute approximate surface area is 193 Å². The molecule has 1 N–H and O–H groups in total. The highest BCUT2D eigenvalue weighted by molar-refractivity contribution is 7.80. The van der Waals surface area contributed by atoms with Crippen molar-refractivity contribution in [2.45, 2.75) is 20.0 Å². The van der Waals surface area contributed by atoms with Crippen molar-refractivity contribution in [1.29, 1.82) is 0 Å². The molecule has 0 aliphatic rings. The highest BCUT2D eigenvalue weighted by Crippen LogP contribution is 2.38. The molecule has 0 fully saturated rings.